The van der Waals surface area contributed by atoms with E-state index in [4.69, 9.17) is 18.9 Å². The van der Waals surface area contributed by atoms with E-state index in [0.29, 0.717) is 0 Å². The Bertz CT molecular complexity index is 1660. The summed E-state index contributed by atoms with van der Waals surface area (Å²) in [5.41, 5.74) is 4.48. The van der Waals surface area contributed by atoms with Gasteiger partial charge in [0.2, 0.25) is 20.0 Å². The molecular formula is C35H61IK2N2O9S2Si2. The van der Waals surface area contributed by atoms with Crippen LogP contribution in [0.1, 0.15) is 77.3 Å². The fourth-order valence-electron chi connectivity index (χ4n) is 5.43. The first-order valence-electron chi connectivity index (χ1n) is 16.7. The third kappa shape index (κ3) is 17.3. The molecule has 1 N–H and O–H groups in total. The van der Waals surface area contributed by atoms with Crippen molar-refractivity contribution >= 4 is 65.7 Å². The number of carbonyl (C=O) groups is 1. The molecule has 0 aromatic heterocycles. The van der Waals surface area contributed by atoms with Gasteiger partial charge in [-0.1, -0.05) is 113 Å². The molecule has 0 heterocycles. The van der Waals surface area contributed by atoms with Gasteiger partial charge in [0.25, 0.3) is 6.47 Å². The maximum Gasteiger partial charge on any atom is 1.00 e. The van der Waals surface area contributed by atoms with Crippen LogP contribution in [0.3, 0.4) is 0 Å². The third-order valence-corrected chi connectivity index (χ3v) is 21.1. The maximum absolute atomic E-state index is 12.1. The molecule has 0 amide bonds. The van der Waals surface area contributed by atoms with E-state index in [9.17, 15) is 16.8 Å². The number of hydrogen-bond donors (Lipinski definition) is 1. The number of nitrogens with one attached hydrogen (secondary N) is 1. The Morgan fingerprint density at radius 3 is 1.53 bits per heavy atom. The molecule has 0 spiro atoms. The molecule has 0 aliphatic heterocycles. The molecule has 0 fully saturated rings. The molecule has 2 aromatic carbocycles. The Morgan fingerprint density at radius 2 is 1.15 bits per heavy atom. The summed E-state index contributed by atoms with van der Waals surface area (Å²) >= 11 is 2.15. The summed E-state index contributed by atoms with van der Waals surface area (Å²) in [6.07, 6.45) is 3.75. The number of hydrogen-bond acceptors (Lipinski definition) is 9. The second-order valence-corrected chi connectivity index (χ2v) is 29.3. The van der Waals surface area contributed by atoms with E-state index in [1.165, 1.54) is 27.9 Å². The average Bonchev–Trinajstić information content (AvgIpc) is 3.52. The van der Waals surface area contributed by atoms with Crippen LogP contribution in [0.5, 0.6) is 0 Å². The van der Waals surface area contributed by atoms with Crippen LogP contribution in [-0.4, -0.2) is 80.9 Å². The van der Waals surface area contributed by atoms with Crippen LogP contribution in [0, 0.1) is 0 Å². The number of nitrogens with zero attached hydrogens (tertiary/aromatic N) is 1. The van der Waals surface area contributed by atoms with Gasteiger partial charge in [-0.15, -0.1) is 0 Å². The molecule has 0 unspecified atom stereocenters. The van der Waals surface area contributed by atoms with Crippen LogP contribution in [0.25, 0.3) is 0 Å². The molecule has 0 bridgehead atoms. The van der Waals surface area contributed by atoms with Crippen molar-refractivity contribution in [2.45, 2.75) is 115 Å². The maximum atomic E-state index is 12.1. The molecule has 0 saturated carbocycles. The number of sulfonamides is 2. The number of alkyl halides is 1. The molecule has 4 atom stereocenters. The molecular weight excluding hydrogens is 918 g/mol. The molecule has 0 radical (unpaired) electrons. The standard InChI is InChI=1S/C17H29NO3SSi.C16H27NO3SSi.CH3I.CH2O3.2K.H/c1-17(2,3)23(6,7)21-15-12-13-10-8-9-11-14(13)16(15)18(4)22(5,19)20;1-16(2,3)22(5,6)20-14-11-12-9-7-8-10-13(12)15(14)17-21(4,18)19;1-2;2-1-4-3;;;/h8-11,15-16H,12H2,1-7H3;7-10,14-15,17H,11H2,1-6H3;1H3;1,3H;;;/q;;;;2*+1;-1/p-1/t15-,16-;14-,15-;;;;;/m11...../s1. The van der Waals surface area contributed by atoms with E-state index in [1.807, 2.05) is 41.3 Å². The number of fused-ring (bicyclic) bond motifs is 2. The Hall–Kier alpha value is 2.05. The van der Waals surface area contributed by atoms with Gasteiger partial charge in [-0.25, -0.2) is 21.6 Å². The molecule has 0 saturated heterocycles. The summed E-state index contributed by atoms with van der Waals surface area (Å²) in [5, 5.41) is 8.62. The largest absolute Gasteiger partial charge is 1.00 e. The van der Waals surface area contributed by atoms with Gasteiger partial charge in [-0.2, -0.15) is 4.31 Å². The third-order valence-electron chi connectivity index (χ3n) is 10.1. The van der Waals surface area contributed by atoms with Gasteiger partial charge in [0.1, 0.15) is 0 Å². The van der Waals surface area contributed by atoms with Crippen molar-refractivity contribution in [3.05, 3.63) is 70.8 Å². The number of rotatable bonds is 9. The predicted octanol–water partition coefficient (Wildman–Crippen LogP) is 0.395. The number of benzene rings is 2. The van der Waals surface area contributed by atoms with Crippen LogP contribution < -0.4 is 113 Å². The zero-order valence-corrected chi connectivity index (χ0v) is 46.8. The van der Waals surface area contributed by atoms with Crippen molar-refractivity contribution in [1.82, 2.24) is 9.03 Å². The number of halogens is 1. The summed E-state index contributed by atoms with van der Waals surface area (Å²) in [7, 11) is -8.85. The molecule has 11 nitrogen and oxygen atoms in total. The Balaban J connectivity index is -0.000000802. The number of carbonyl (C=O) groups excluding carboxylic acids is 1. The van der Waals surface area contributed by atoms with E-state index in [-0.39, 0.29) is 145 Å². The topological polar surface area (TPSA) is 151 Å². The van der Waals surface area contributed by atoms with Gasteiger partial charge in [0.05, 0.1) is 36.8 Å². The monoisotopic (exact) mass is 978 g/mol. The first-order valence-corrected chi connectivity index (χ1v) is 28.4. The minimum Gasteiger partial charge on any atom is -1.00 e. The summed E-state index contributed by atoms with van der Waals surface area (Å²) in [6.45, 7) is 21.9. The first-order chi connectivity index (χ1) is 23.2. The van der Waals surface area contributed by atoms with Crippen LogP contribution in [0.4, 0.5) is 0 Å². The van der Waals surface area contributed by atoms with Crippen LogP contribution >= 0.6 is 22.6 Å². The van der Waals surface area contributed by atoms with Crippen molar-refractivity contribution < 1.29 is 145 Å². The fourth-order valence-corrected chi connectivity index (χ4v) is 9.48. The van der Waals surface area contributed by atoms with Crippen molar-refractivity contribution in [2.75, 3.05) is 24.5 Å². The van der Waals surface area contributed by atoms with Gasteiger partial charge in [-0.05, 0) is 76.3 Å². The smallest absolute Gasteiger partial charge is 1.00 e. The second kappa shape index (κ2) is 23.7. The zero-order valence-electron chi connectivity index (χ0n) is 35.7. The summed E-state index contributed by atoms with van der Waals surface area (Å²) in [5.74, 6) is 0. The van der Waals surface area contributed by atoms with Gasteiger partial charge < -0.3 is 20.4 Å². The molecule has 294 valence electrons. The average molecular weight is 979 g/mol. The van der Waals surface area contributed by atoms with Crippen LogP contribution in [0.2, 0.25) is 36.3 Å². The van der Waals surface area contributed by atoms with Gasteiger partial charge in [0.15, 0.2) is 16.6 Å². The summed E-state index contributed by atoms with van der Waals surface area (Å²) in [4.78, 5) is 13.2. The van der Waals surface area contributed by atoms with E-state index in [2.05, 4.69) is 112 Å². The summed E-state index contributed by atoms with van der Waals surface area (Å²) < 4.78 is 65.1. The van der Waals surface area contributed by atoms with Crippen molar-refractivity contribution in [2.24, 2.45) is 0 Å². The zero-order chi connectivity index (χ0) is 39.8. The Morgan fingerprint density at radius 1 is 0.792 bits per heavy atom. The number of likely N-dealkylation sites (N-methyl/N-ethyl adjacent to an activating group) is 1. The van der Waals surface area contributed by atoms with E-state index >= 15 is 0 Å². The fraction of sp³-hybridized carbons (Fsp3) is 0.629. The first kappa shape index (κ1) is 57.1. The SMILES string of the molecule is CC(C)(C)[Si](C)(C)O[C@@H]1Cc2ccccc2[C@H]1NS(C)(=O)=O.CI.CN([C@@H]1c2ccccc2C[C@H]1O[Si](C)(C)C(C)(C)C)S(C)(=O)=O.O=CO[O-].[H-].[K+].[K+]. The van der Waals surface area contributed by atoms with Crippen molar-refractivity contribution in [3.8, 4) is 0 Å². The summed E-state index contributed by atoms with van der Waals surface area (Å²) in [6, 6.07) is 15.5. The minimum absolute atomic E-state index is 0. The second-order valence-electron chi connectivity index (χ2n) is 15.9. The molecule has 2 aliphatic rings. The van der Waals surface area contributed by atoms with Gasteiger partial charge in [-0.3, -0.25) is 4.79 Å². The molecule has 2 aliphatic carbocycles. The van der Waals surface area contributed by atoms with Gasteiger partial charge in [0, 0.05) is 7.05 Å². The van der Waals surface area contributed by atoms with Gasteiger partial charge >= 0.3 is 103 Å². The van der Waals surface area contributed by atoms with Crippen molar-refractivity contribution in [3.63, 3.8) is 0 Å². The quantitative estimate of drug-likeness (QED) is 0.0942. The Kier molecular flexibility index (Phi) is 25.6. The Labute approximate surface area is 423 Å². The molecule has 4 rings (SSSR count). The predicted molar refractivity (Wildman–Crippen MR) is 219 cm³/mol. The normalized spacial score (nSPS) is 19.6. The van der Waals surface area contributed by atoms with Crippen LogP contribution in [-0.2, 0) is 51.4 Å². The minimum atomic E-state index is -3.29. The molecule has 2 aromatic rings. The van der Waals surface area contributed by atoms with E-state index in [0.717, 1.165) is 24.0 Å². The molecule has 18 heteroatoms. The van der Waals surface area contributed by atoms with Crippen LogP contribution in [0.15, 0.2) is 48.5 Å². The van der Waals surface area contributed by atoms with Crippen molar-refractivity contribution in [1.29, 1.82) is 0 Å². The molecule has 53 heavy (non-hydrogen) atoms. The van der Waals surface area contributed by atoms with E-state index < -0.39 is 36.7 Å². The van der Waals surface area contributed by atoms with E-state index in [1.54, 1.807) is 7.05 Å².